The number of hydrogen-bond donors (Lipinski definition) is 2. The molecule has 19 heavy (non-hydrogen) atoms. The van der Waals surface area contributed by atoms with Crippen molar-refractivity contribution in [2.45, 2.75) is 13.0 Å². The largest absolute Gasteiger partial charge is 0.387 e. The average Bonchev–Trinajstić information content (AvgIpc) is 2.45. The molecule has 1 aromatic carbocycles. The minimum atomic E-state index is -0.706. The zero-order valence-corrected chi connectivity index (χ0v) is 10.7. The van der Waals surface area contributed by atoms with Crippen LogP contribution in [0.15, 0.2) is 48.8 Å². The van der Waals surface area contributed by atoms with E-state index in [0.29, 0.717) is 5.56 Å². The van der Waals surface area contributed by atoms with E-state index < -0.39 is 6.10 Å². The van der Waals surface area contributed by atoms with E-state index in [1.165, 1.54) is 6.20 Å². The van der Waals surface area contributed by atoms with E-state index in [1.807, 2.05) is 37.3 Å². The van der Waals surface area contributed by atoms with Crippen LogP contribution in [0.5, 0.6) is 0 Å². The van der Waals surface area contributed by atoms with E-state index in [9.17, 15) is 9.90 Å². The number of pyridine rings is 1. The Kier molecular flexibility index (Phi) is 4.26. The SMILES string of the molecule is Cc1cncc(C(=O)NCC(O)c2ccccc2)c1. The smallest absolute Gasteiger partial charge is 0.252 e. The first-order valence-corrected chi connectivity index (χ1v) is 6.09. The zero-order chi connectivity index (χ0) is 13.7. The highest BCUT2D eigenvalue weighted by molar-refractivity contribution is 5.94. The second kappa shape index (κ2) is 6.11. The lowest BCUT2D eigenvalue weighted by Gasteiger charge is -2.12. The number of aliphatic hydroxyl groups is 1. The maximum Gasteiger partial charge on any atom is 0.252 e. The van der Waals surface area contributed by atoms with Crippen LogP contribution in [-0.4, -0.2) is 22.5 Å². The topological polar surface area (TPSA) is 62.2 Å². The van der Waals surface area contributed by atoms with Crippen LogP contribution in [0.1, 0.15) is 27.6 Å². The number of benzene rings is 1. The molecule has 4 heteroatoms. The normalized spacial score (nSPS) is 11.9. The number of aryl methyl sites for hydroxylation is 1. The van der Waals surface area contributed by atoms with Crippen LogP contribution in [-0.2, 0) is 0 Å². The van der Waals surface area contributed by atoms with Crippen molar-refractivity contribution in [3.05, 3.63) is 65.5 Å². The maximum atomic E-state index is 11.9. The van der Waals surface area contributed by atoms with Gasteiger partial charge in [-0.3, -0.25) is 9.78 Å². The molecular weight excluding hydrogens is 240 g/mol. The minimum Gasteiger partial charge on any atom is -0.387 e. The molecule has 0 aliphatic heterocycles. The summed E-state index contributed by atoms with van der Waals surface area (Å²) >= 11 is 0. The van der Waals surface area contributed by atoms with Gasteiger partial charge in [-0.25, -0.2) is 0 Å². The average molecular weight is 256 g/mol. The molecule has 2 N–H and O–H groups in total. The molecule has 2 aromatic rings. The van der Waals surface area contributed by atoms with Crippen molar-refractivity contribution in [1.29, 1.82) is 0 Å². The van der Waals surface area contributed by atoms with Crippen LogP contribution < -0.4 is 5.32 Å². The van der Waals surface area contributed by atoms with Gasteiger partial charge in [-0.1, -0.05) is 30.3 Å². The van der Waals surface area contributed by atoms with Gasteiger partial charge in [0.1, 0.15) is 0 Å². The van der Waals surface area contributed by atoms with E-state index in [-0.39, 0.29) is 12.5 Å². The second-order valence-corrected chi connectivity index (χ2v) is 4.39. The van der Waals surface area contributed by atoms with Gasteiger partial charge in [0.05, 0.1) is 11.7 Å². The zero-order valence-electron chi connectivity index (χ0n) is 10.7. The summed E-state index contributed by atoms with van der Waals surface area (Å²) in [4.78, 5) is 15.8. The van der Waals surface area contributed by atoms with Crippen LogP contribution in [0, 0.1) is 6.92 Å². The summed E-state index contributed by atoms with van der Waals surface area (Å²) in [5, 5.41) is 12.6. The number of nitrogens with zero attached hydrogens (tertiary/aromatic N) is 1. The van der Waals surface area contributed by atoms with Crippen LogP contribution in [0.2, 0.25) is 0 Å². The Morgan fingerprint density at radius 2 is 2.05 bits per heavy atom. The Bertz CT molecular complexity index is 555. The summed E-state index contributed by atoms with van der Waals surface area (Å²) in [6.45, 7) is 2.05. The summed E-state index contributed by atoms with van der Waals surface area (Å²) in [5.74, 6) is -0.230. The quantitative estimate of drug-likeness (QED) is 0.877. The fourth-order valence-electron chi connectivity index (χ4n) is 1.76. The van der Waals surface area contributed by atoms with Gasteiger partial charge in [0.25, 0.3) is 5.91 Å². The summed E-state index contributed by atoms with van der Waals surface area (Å²) in [6, 6.07) is 11.0. The molecule has 0 aliphatic rings. The highest BCUT2D eigenvalue weighted by atomic mass is 16.3. The molecule has 0 aliphatic carbocycles. The van der Waals surface area contributed by atoms with E-state index in [1.54, 1.807) is 12.3 Å². The third-order valence-electron chi connectivity index (χ3n) is 2.78. The van der Waals surface area contributed by atoms with Crippen molar-refractivity contribution in [1.82, 2.24) is 10.3 Å². The number of amides is 1. The van der Waals surface area contributed by atoms with Gasteiger partial charge in [-0.15, -0.1) is 0 Å². The van der Waals surface area contributed by atoms with Gasteiger partial charge in [0, 0.05) is 18.9 Å². The van der Waals surface area contributed by atoms with Gasteiger partial charge >= 0.3 is 0 Å². The van der Waals surface area contributed by atoms with Crippen LogP contribution in [0.25, 0.3) is 0 Å². The Balaban J connectivity index is 1.94. The van der Waals surface area contributed by atoms with E-state index in [0.717, 1.165) is 11.1 Å². The number of nitrogens with one attached hydrogen (secondary N) is 1. The lowest BCUT2D eigenvalue weighted by atomic mass is 10.1. The summed E-state index contributed by atoms with van der Waals surface area (Å²) in [7, 11) is 0. The summed E-state index contributed by atoms with van der Waals surface area (Å²) in [5.41, 5.74) is 2.21. The summed E-state index contributed by atoms with van der Waals surface area (Å²) in [6.07, 6.45) is 2.50. The first kappa shape index (κ1) is 13.2. The molecule has 0 saturated carbocycles. The van der Waals surface area contributed by atoms with Gasteiger partial charge in [-0.2, -0.15) is 0 Å². The standard InChI is InChI=1S/C15H16N2O2/c1-11-7-13(9-16-8-11)15(19)17-10-14(18)12-5-3-2-4-6-12/h2-9,14,18H,10H2,1H3,(H,17,19). The van der Waals surface area contributed by atoms with E-state index >= 15 is 0 Å². The van der Waals surface area contributed by atoms with Gasteiger partial charge in [0.15, 0.2) is 0 Å². The third kappa shape index (κ3) is 3.63. The molecule has 1 heterocycles. The number of carbonyl (C=O) groups is 1. The number of aliphatic hydroxyl groups excluding tert-OH is 1. The van der Waals surface area contributed by atoms with Crippen molar-refractivity contribution in [2.75, 3.05) is 6.54 Å². The Morgan fingerprint density at radius 1 is 1.32 bits per heavy atom. The van der Waals surface area contributed by atoms with Crippen molar-refractivity contribution in [2.24, 2.45) is 0 Å². The molecule has 0 radical (unpaired) electrons. The molecule has 0 fully saturated rings. The monoisotopic (exact) mass is 256 g/mol. The first-order chi connectivity index (χ1) is 9.16. The second-order valence-electron chi connectivity index (χ2n) is 4.39. The lowest BCUT2D eigenvalue weighted by molar-refractivity contribution is 0.0916. The fraction of sp³-hybridized carbons (Fsp3) is 0.200. The number of carbonyl (C=O) groups excluding carboxylic acids is 1. The Morgan fingerprint density at radius 3 is 2.74 bits per heavy atom. The van der Waals surface area contributed by atoms with Crippen LogP contribution >= 0.6 is 0 Å². The number of hydrogen-bond acceptors (Lipinski definition) is 3. The van der Waals surface area contributed by atoms with E-state index in [4.69, 9.17) is 0 Å². The van der Waals surface area contributed by atoms with E-state index in [2.05, 4.69) is 10.3 Å². The number of rotatable bonds is 4. The Labute approximate surface area is 112 Å². The van der Waals surface area contributed by atoms with Crippen molar-refractivity contribution in [3.8, 4) is 0 Å². The van der Waals surface area contributed by atoms with Crippen LogP contribution in [0.3, 0.4) is 0 Å². The molecule has 1 atom stereocenters. The molecule has 0 saturated heterocycles. The molecule has 98 valence electrons. The van der Waals surface area contributed by atoms with Gasteiger partial charge in [0.2, 0.25) is 0 Å². The van der Waals surface area contributed by atoms with Gasteiger partial charge in [-0.05, 0) is 24.1 Å². The van der Waals surface area contributed by atoms with Crippen molar-refractivity contribution < 1.29 is 9.90 Å². The molecule has 4 nitrogen and oxygen atoms in total. The molecule has 1 unspecified atom stereocenters. The predicted molar refractivity (Wildman–Crippen MR) is 72.7 cm³/mol. The lowest BCUT2D eigenvalue weighted by Crippen LogP contribution is -2.28. The molecule has 0 spiro atoms. The predicted octanol–water partition coefficient (Wildman–Crippen LogP) is 1.85. The molecular formula is C15H16N2O2. The number of aromatic nitrogens is 1. The highest BCUT2D eigenvalue weighted by Crippen LogP contribution is 2.10. The molecule has 1 amide bonds. The molecule has 2 rings (SSSR count). The van der Waals surface area contributed by atoms with Crippen molar-refractivity contribution in [3.63, 3.8) is 0 Å². The molecule has 1 aromatic heterocycles. The maximum absolute atomic E-state index is 11.9. The molecule has 0 bridgehead atoms. The van der Waals surface area contributed by atoms with Gasteiger partial charge < -0.3 is 10.4 Å². The third-order valence-corrected chi connectivity index (χ3v) is 2.78. The minimum absolute atomic E-state index is 0.177. The van der Waals surface area contributed by atoms with Crippen LogP contribution in [0.4, 0.5) is 0 Å². The highest BCUT2D eigenvalue weighted by Gasteiger charge is 2.10. The first-order valence-electron chi connectivity index (χ1n) is 6.09. The Hall–Kier alpha value is -2.20. The fourth-order valence-corrected chi connectivity index (χ4v) is 1.76. The summed E-state index contributed by atoms with van der Waals surface area (Å²) < 4.78 is 0. The van der Waals surface area contributed by atoms with Crippen molar-refractivity contribution >= 4 is 5.91 Å².